The topological polar surface area (TPSA) is 50.4 Å². The molecule has 0 atom stereocenters. The fourth-order valence-electron chi connectivity index (χ4n) is 1.37. The molecule has 4 heteroatoms. The number of hydrogen-bond acceptors (Lipinski definition) is 2. The first kappa shape index (κ1) is 12.6. The highest BCUT2D eigenvalue weighted by Crippen LogP contribution is 2.09. The van der Waals surface area contributed by atoms with E-state index in [0.717, 1.165) is 5.56 Å². The standard InChI is InChI=1S/C12H18FN3/c1-12(2,3)15-11(16-14)8-9-5-4-6-10(13)7-9/h4-7H,8,14H2,1-3H3,(H,15,16). The summed E-state index contributed by atoms with van der Waals surface area (Å²) in [5.74, 6) is 5.80. The Balaban J connectivity index is 2.82. The predicted octanol–water partition coefficient (Wildman–Crippen LogP) is 2.03. The first-order chi connectivity index (χ1) is 7.40. The van der Waals surface area contributed by atoms with Crippen molar-refractivity contribution in [2.45, 2.75) is 32.7 Å². The second kappa shape index (κ2) is 5.07. The number of hydrogen-bond donors (Lipinski definition) is 2. The summed E-state index contributed by atoms with van der Waals surface area (Å²) < 4.78 is 13.0. The van der Waals surface area contributed by atoms with Gasteiger partial charge in [0.2, 0.25) is 0 Å². The molecule has 0 aliphatic heterocycles. The molecule has 0 spiro atoms. The van der Waals surface area contributed by atoms with E-state index < -0.39 is 0 Å². The van der Waals surface area contributed by atoms with Gasteiger partial charge in [-0.2, -0.15) is 0 Å². The molecule has 88 valence electrons. The van der Waals surface area contributed by atoms with Crippen LogP contribution in [0.15, 0.2) is 29.3 Å². The number of aliphatic imine (C=N–C) groups is 1. The van der Waals surface area contributed by atoms with Crippen molar-refractivity contribution >= 4 is 5.84 Å². The number of nitrogens with zero attached hydrogens (tertiary/aromatic N) is 1. The highest BCUT2D eigenvalue weighted by atomic mass is 19.1. The Morgan fingerprint density at radius 1 is 1.44 bits per heavy atom. The molecule has 3 N–H and O–H groups in total. The zero-order valence-electron chi connectivity index (χ0n) is 9.92. The van der Waals surface area contributed by atoms with Crippen molar-refractivity contribution in [3.63, 3.8) is 0 Å². The van der Waals surface area contributed by atoms with E-state index in [9.17, 15) is 4.39 Å². The molecule has 0 bridgehead atoms. The minimum absolute atomic E-state index is 0.199. The summed E-state index contributed by atoms with van der Waals surface area (Å²) in [6.45, 7) is 5.95. The predicted molar refractivity (Wildman–Crippen MR) is 64.6 cm³/mol. The van der Waals surface area contributed by atoms with Gasteiger partial charge in [-0.15, -0.1) is 0 Å². The van der Waals surface area contributed by atoms with Gasteiger partial charge in [0.05, 0.1) is 5.54 Å². The molecule has 0 aliphatic carbocycles. The average Bonchev–Trinajstić information content (AvgIpc) is 2.14. The second-order valence-corrected chi connectivity index (χ2v) is 4.68. The Labute approximate surface area is 95.5 Å². The molecule has 1 aromatic carbocycles. The molecule has 0 aliphatic rings. The van der Waals surface area contributed by atoms with E-state index in [4.69, 9.17) is 5.84 Å². The van der Waals surface area contributed by atoms with Gasteiger partial charge < -0.3 is 5.43 Å². The lowest BCUT2D eigenvalue weighted by molar-refractivity contribution is 0.577. The molecule has 0 amide bonds. The highest BCUT2D eigenvalue weighted by Gasteiger charge is 2.10. The maximum Gasteiger partial charge on any atom is 0.123 e. The molecule has 1 aromatic rings. The van der Waals surface area contributed by atoms with Crippen molar-refractivity contribution in [1.82, 2.24) is 5.43 Å². The molecule has 3 nitrogen and oxygen atoms in total. The Morgan fingerprint density at radius 3 is 2.62 bits per heavy atom. The van der Waals surface area contributed by atoms with E-state index in [1.165, 1.54) is 12.1 Å². The average molecular weight is 223 g/mol. The van der Waals surface area contributed by atoms with Crippen molar-refractivity contribution in [3.8, 4) is 0 Å². The lowest BCUT2D eigenvalue weighted by Gasteiger charge is -2.15. The van der Waals surface area contributed by atoms with Gasteiger partial charge in [0.1, 0.15) is 11.7 Å². The van der Waals surface area contributed by atoms with Gasteiger partial charge in [-0.1, -0.05) is 12.1 Å². The largest absolute Gasteiger partial charge is 0.312 e. The van der Waals surface area contributed by atoms with Crippen LogP contribution in [0.25, 0.3) is 0 Å². The van der Waals surface area contributed by atoms with Gasteiger partial charge in [0, 0.05) is 6.42 Å². The van der Waals surface area contributed by atoms with Crippen LogP contribution in [0, 0.1) is 5.82 Å². The lowest BCUT2D eigenvalue weighted by Crippen LogP contribution is -2.34. The summed E-state index contributed by atoms with van der Waals surface area (Å²) in [7, 11) is 0. The highest BCUT2D eigenvalue weighted by molar-refractivity contribution is 5.84. The second-order valence-electron chi connectivity index (χ2n) is 4.68. The molecule has 0 aromatic heterocycles. The van der Waals surface area contributed by atoms with E-state index in [1.807, 2.05) is 26.8 Å². The quantitative estimate of drug-likeness (QED) is 0.349. The van der Waals surface area contributed by atoms with Crippen molar-refractivity contribution < 1.29 is 4.39 Å². The third-order valence-corrected chi connectivity index (χ3v) is 1.90. The number of benzene rings is 1. The van der Waals surface area contributed by atoms with E-state index in [2.05, 4.69) is 10.4 Å². The van der Waals surface area contributed by atoms with Gasteiger partial charge in [-0.25, -0.2) is 10.2 Å². The Kier molecular flexibility index (Phi) is 4.01. The van der Waals surface area contributed by atoms with Gasteiger partial charge in [0.25, 0.3) is 0 Å². The maximum atomic E-state index is 13.0. The molecular weight excluding hydrogens is 205 g/mol. The molecule has 0 saturated heterocycles. The Morgan fingerprint density at radius 2 is 2.12 bits per heavy atom. The monoisotopic (exact) mass is 223 g/mol. The van der Waals surface area contributed by atoms with Crippen LogP contribution in [0.4, 0.5) is 4.39 Å². The summed E-state index contributed by atoms with van der Waals surface area (Å²) in [5.41, 5.74) is 3.20. The first-order valence-electron chi connectivity index (χ1n) is 5.20. The van der Waals surface area contributed by atoms with Crippen molar-refractivity contribution in [2.75, 3.05) is 0 Å². The minimum Gasteiger partial charge on any atom is -0.312 e. The maximum absolute atomic E-state index is 13.0. The number of nitrogens with two attached hydrogens (primary N) is 1. The van der Waals surface area contributed by atoms with E-state index in [0.29, 0.717) is 12.3 Å². The zero-order valence-corrected chi connectivity index (χ0v) is 9.92. The van der Waals surface area contributed by atoms with Crippen molar-refractivity contribution in [3.05, 3.63) is 35.6 Å². The van der Waals surface area contributed by atoms with Gasteiger partial charge >= 0.3 is 0 Å². The molecular formula is C12H18FN3. The molecule has 0 unspecified atom stereocenters. The zero-order chi connectivity index (χ0) is 12.2. The van der Waals surface area contributed by atoms with Crippen LogP contribution >= 0.6 is 0 Å². The normalized spacial score (nSPS) is 12.7. The molecule has 0 fully saturated rings. The summed E-state index contributed by atoms with van der Waals surface area (Å²) in [4.78, 5) is 4.41. The van der Waals surface area contributed by atoms with Crippen molar-refractivity contribution in [1.29, 1.82) is 0 Å². The van der Waals surface area contributed by atoms with E-state index in [1.54, 1.807) is 6.07 Å². The number of hydrazine groups is 1. The van der Waals surface area contributed by atoms with Gasteiger partial charge in [-0.3, -0.25) is 4.99 Å². The molecule has 0 heterocycles. The summed E-state index contributed by atoms with van der Waals surface area (Å²) in [6.07, 6.45) is 0.505. The lowest BCUT2D eigenvalue weighted by atomic mass is 10.1. The number of nitrogens with one attached hydrogen (secondary N) is 1. The van der Waals surface area contributed by atoms with Crippen LogP contribution in [0.1, 0.15) is 26.3 Å². The molecule has 0 radical (unpaired) electrons. The third-order valence-electron chi connectivity index (χ3n) is 1.90. The van der Waals surface area contributed by atoms with Crippen LogP contribution in [0.2, 0.25) is 0 Å². The smallest absolute Gasteiger partial charge is 0.123 e. The molecule has 1 rings (SSSR count). The number of amidine groups is 1. The van der Waals surface area contributed by atoms with Crippen LogP contribution in [0.3, 0.4) is 0 Å². The molecule has 16 heavy (non-hydrogen) atoms. The fraction of sp³-hybridized carbons (Fsp3) is 0.417. The van der Waals surface area contributed by atoms with Gasteiger partial charge in [0.15, 0.2) is 0 Å². The SMILES string of the molecule is CC(C)(C)N=C(Cc1cccc(F)c1)NN. The summed E-state index contributed by atoms with van der Waals surface area (Å²) in [5, 5.41) is 0. The Bertz CT molecular complexity index is 380. The van der Waals surface area contributed by atoms with E-state index in [-0.39, 0.29) is 11.4 Å². The van der Waals surface area contributed by atoms with Crippen LogP contribution in [-0.2, 0) is 6.42 Å². The number of halogens is 1. The van der Waals surface area contributed by atoms with Crippen LogP contribution in [0.5, 0.6) is 0 Å². The molecule has 0 saturated carbocycles. The first-order valence-corrected chi connectivity index (χ1v) is 5.20. The third kappa shape index (κ3) is 4.40. The van der Waals surface area contributed by atoms with Crippen LogP contribution < -0.4 is 11.3 Å². The summed E-state index contributed by atoms with van der Waals surface area (Å²) >= 11 is 0. The fourth-order valence-corrected chi connectivity index (χ4v) is 1.37. The minimum atomic E-state index is -0.246. The number of rotatable bonds is 2. The Hall–Kier alpha value is -1.42. The van der Waals surface area contributed by atoms with Gasteiger partial charge in [-0.05, 0) is 38.5 Å². The van der Waals surface area contributed by atoms with Crippen LogP contribution in [-0.4, -0.2) is 11.4 Å². The van der Waals surface area contributed by atoms with E-state index >= 15 is 0 Å². The van der Waals surface area contributed by atoms with Crippen molar-refractivity contribution in [2.24, 2.45) is 10.8 Å². The summed E-state index contributed by atoms with van der Waals surface area (Å²) in [6, 6.07) is 6.42.